The molecule has 0 bridgehead atoms. The molecule has 100 valence electrons. The van der Waals surface area contributed by atoms with E-state index in [4.69, 9.17) is 4.74 Å². The summed E-state index contributed by atoms with van der Waals surface area (Å²) in [4.78, 5) is 0. The maximum absolute atomic E-state index is 10.5. The number of benzene rings is 1. The van der Waals surface area contributed by atoms with Gasteiger partial charge in [-0.2, -0.15) is 0 Å². The minimum Gasteiger partial charge on any atom is -0.494 e. The van der Waals surface area contributed by atoms with Crippen molar-refractivity contribution in [1.29, 1.82) is 0 Å². The van der Waals surface area contributed by atoms with Crippen molar-refractivity contribution in [2.45, 2.75) is 45.6 Å². The van der Waals surface area contributed by atoms with E-state index in [2.05, 4.69) is 6.92 Å². The number of hydrogen-bond donors (Lipinski definition) is 1. The molecule has 2 nitrogen and oxygen atoms in total. The molecule has 1 aromatic rings. The van der Waals surface area contributed by atoms with E-state index >= 15 is 0 Å². The Bertz CT molecular complexity index is 367. The van der Waals surface area contributed by atoms with Gasteiger partial charge in [0.2, 0.25) is 0 Å². The van der Waals surface area contributed by atoms with Crippen LogP contribution in [-0.2, 0) is 0 Å². The molecule has 1 fully saturated rings. The largest absolute Gasteiger partial charge is 0.494 e. The van der Waals surface area contributed by atoms with Gasteiger partial charge in [0.1, 0.15) is 5.75 Å². The SMILES string of the molecule is CCOc1cccc(C(O)C2CCC(C)CC2)c1. The van der Waals surface area contributed by atoms with Crippen molar-refractivity contribution in [2.24, 2.45) is 11.8 Å². The van der Waals surface area contributed by atoms with Gasteiger partial charge in [-0.1, -0.05) is 31.9 Å². The minimum absolute atomic E-state index is 0.335. The first-order valence-electron chi connectivity index (χ1n) is 7.11. The summed E-state index contributed by atoms with van der Waals surface area (Å²) in [6.07, 6.45) is 4.43. The predicted molar refractivity (Wildman–Crippen MR) is 73.7 cm³/mol. The number of ether oxygens (including phenoxy) is 1. The lowest BCUT2D eigenvalue weighted by molar-refractivity contribution is 0.0753. The van der Waals surface area contributed by atoms with Gasteiger partial charge >= 0.3 is 0 Å². The molecule has 0 spiro atoms. The highest BCUT2D eigenvalue weighted by atomic mass is 16.5. The Morgan fingerprint density at radius 1 is 1.28 bits per heavy atom. The maximum atomic E-state index is 10.5. The second-order valence-corrected chi connectivity index (χ2v) is 5.47. The molecule has 0 radical (unpaired) electrons. The zero-order valence-corrected chi connectivity index (χ0v) is 11.4. The zero-order valence-electron chi connectivity index (χ0n) is 11.4. The Labute approximate surface area is 110 Å². The van der Waals surface area contributed by atoms with E-state index in [1.165, 1.54) is 12.8 Å². The van der Waals surface area contributed by atoms with Crippen molar-refractivity contribution in [3.63, 3.8) is 0 Å². The molecular weight excluding hydrogens is 224 g/mol. The van der Waals surface area contributed by atoms with Gasteiger partial charge in [-0.15, -0.1) is 0 Å². The highest BCUT2D eigenvalue weighted by Gasteiger charge is 2.25. The highest BCUT2D eigenvalue weighted by molar-refractivity contribution is 5.30. The lowest BCUT2D eigenvalue weighted by Gasteiger charge is -2.30. The first kappa shape index (κ1) is 13.4. The smallest absolute Gasteiger partial charge is 0.119 e. The molecule has 2 heteroatoms. The predicted octanol–water partition coefficient (Wildman–Crippen LogP) is 3.95. The Hall–Kier alpha value is -1.02. The van der Waals surface area contributed by atoms with Gasteiger partial charge in [-0.05, 0) is 49.3 Å². The number of aliphatic hydroxyl groups is 1. The van der Waals surface area contributed by atoms with Crippen LogP contribution in [-0.4, -0.2) is 11.7 Å². The van der Waals surface area contributed by atoms with Crippen molar-refractivity contribution in [3.8, 4) is 5.75 Å². The second kappa shape index (κ2) is 6.24. The van der Waals surface area contributed by atoms with Crippen molar-refractivity contribution in [3.05, 3.63) is 29.8 Å². The minimum atomic E-state index is -0.335. The summed E-state index contributed by atoms with van der Waals surface area (Å²) >= 11 is 0. The van der Waals surface area contributed by atoms with Crippen molar-refractivity contribution < 1.29 is 9.84 Å². The molecule has 1 saturated carbocycles. The van der Waals surface area contributed by atoms with Gasteiger partial charge in [-0.25, -0.2) is 0 Å². The topological polar surface area (TPSA) is 29.5 Å². The van der Waals surface area contributed by atoms with E-state index in [0.29, 0.717) is 12.5 Å². The van der Waals surface area contributed by atoms with Crippen LogP contribution in [0.5, 0.6) is 5.75 Å². The molecule has 0 amide bonds. The maximum Gasteiger partial charge on any atom is 0.119 e. The lowest BCUT2D eigenvalue weighted by Crippen LogP contribution is -2.19. The monoisotopic (exact) mass is 248 g/mol. The molecule has 0 saturated heterocycles. The van der Waals surface area contributed by atoms with Crippen LogP contribution in [0.1, 0.15) is 51.2 Å². The van der Waals surface area contributed by atoms with E-state index in [9.17, 15) is 5.11 Å². The fourth-order valence-electron chi connectivity index (χ4n) is 2.83. The third-order valence-electron chi connectivity index (χ3n) is 4.02. The standard InChI is InChI=1S/C16H24O2/c1-3-18-15-6-4-5-14(11-15)16(17)13-9-7-12(2)8-10-13/h4-6,11-13,16-17H,3,7-10H2,1-2H3. The summed E-state index contributed by atoms with van der Waals surface area (Å²) in [6.45, 7) is 4.95. The van der Waals surface area contributed by atoms with Crippen LogP contribution in [0.25, 0.3) is 0 Å². The summed E-state index contributed by atoms with van der Waals surface area (Å²) in [7, 11) is 0. The van der Waals surface area contributed by atoms with Crippen molar-refractivity contribution in [2.75, 3.05) is 6.61 Å². The Morgan fingerprint density at radius 3 is 2.67 bits per heavy atom. The fraction of sp³-hybridized carbons (Fsp3) is 0.625. The second-order valence-electron chi connectivity index (χ2n) is 5.47. The van der Waals surface area contributed by atoms with Gasteiger partial charge in [0, 0.05) is 0 Å². The molecule has 18 heavy (non-hydrogen) atoms. The Balaban J connectivity index is 2.03. The van der Waals surface area contributed by atoms with Crippen LogP contribution in [0.4, 0.5) is 0 Å². The summed E-state index contributed by atoms with van der Waals surface area (Å²) in [6, 6.07) is 7.90. The summed E-state index contributed by atoms with van der Waals surface area (Å²) in [5.41, 5.74) is 1.00. The van der Waals surface area contributed by atoms with Crippen molar-refractivity contribution >= 4 is 0 Å². The normalized spacial score (nSPS) is 25.7. The van der Waals surface area contributed by atoms with Crippen LogP contribution in [0.15, 0.2) is 24.3 Å². The Kier molecular flexibility index (Phi) is 4.65. The molecule has 2 rings (SSSR count). The van der Waals surface area contributed by atoms with Crippen LogP contribution in [0.2, 0.25) is 0 Å². The van der Waals surface area contributed by atoms with Gasteiger partial charge < -0.3 is 9.84 Å². The average molecular weight is 248 g/mol. The number of rotatable bonds is 4. The molecule has 0 aliphatic heterocycles. The van der Waals surface area contributed by atoms with Gasteiger partial charge in [0.15, 0.2) is 0 Å². The zero-order chi connectivity index (χ0) is 13.0. The highest BCUT2D eigenvalue weighted by Crippen LogP contribution is 2.37. The third-order valence-corrected chi connectivity index (χ3v) is 4.02. The van der Waals surface area contributed by atoms with Gasteiger partial charge in [0.05, 0.1) is 12.7 Å². The summed E-state index contributed by atoms with van der Waals surface area (Å²) in [5, 5.41) is 10.5. The van der Waals surface area contributed by atoms with E-state index in [-0.39, 0.29) is 6.10 Å². The van der Waals surface area contributed by atoms with Crippen LogP contribution in [0, 0.1) is 11.8 Å². The van der Waals surface area contributed by atoms with E-state index in [1.807, 2.05) is 31.2 Å². The molecule has 0 aromatic heterocycles. The third kappa shape index (κ3) is 3.26. The quantitative estimate of drug-likeness (QED) is 0.874. The van der Waals surface area contributed by atoms with E-state index in [1.54, 1.807) is 0 Å². The molecule has 1 aliphatic carbocycles. The first-order chi connectivity index (χ1) is 8.70. The fourth-order valence-corrected chi connectivity index (χ4v) is 2.83. The average Bonchev–Trinajstić information content (AvgIpc) is 2.39. The molecule has 1 N–H and O–H groups in total. The van der Waals surface area contributed by atoms with E-state index in [0.717, 1.165) is 30.1 Å². The molecule has 1 aliphatic rings. The number of hydrogen-bond acceptors (Lipinski definition) is 2. The number of aliphatic hydroxyl groups excluding tert-OH is 1. The molecule has 1 unspecified atom stereocenters. The molecule has 0 heterocycles. The summed E-state index contributed by atoms with van der Waals surface area (Å²) in [5.74, 6) is 2.10. The van der Waals surface area contributed by atoms with Crippen molar-refractivity contribution in [1.82, 2.24) is 0 Å². The van der Waals surface area contributed by atoms with Crippen LogP contribution < -0.4 is 4.74 Å². The molecule has 1 atom stereocenters. The summed E-state index contributed by atoms with van der Waals surface area (Å²) < 4.78 is 5.49. The van der Waals surface area contributed by atoms with Crippen LogP contribution in [0.3, 0.4) is 0 Å². The van der Waals surface area contributed by atoms with Crippen LogP contribution >= 0.6 is 0 Å². The van der Waals surface area contributed by atoms with Gasteiger partial charge in [0.25, 0.3) is 0 Å². The first-order valence-corrected chi connectivity index (χ1v) is 7.11. The van der Waals surface area contributed by atoms with Gasteiger partial charge in [-0.3, -0.25) is 0 Å². The Morgan fingerprint density at radius 2 is 2.00 bits per heavy atom. The van der Waals surface area contributed by atoms with E-state index < -0.39 is 0 Å². The lowest BCUT2D eigenvalue weighted by atomic mass is 9.78. The molecular formula is C16H24O2. The molecule has 1 aromatic carbocycles.